The molecule has 0 saturated carbocycles. The van der Waals surface area contributed by atoms with Gasteiger partial charge in [-0.1, -0.05) is 6.07 Å². The molecule has 0 radical (unpaired) electrons. The lowest BCUT2D eigenvalue weighted by atomic mass is 10.2. The van der Waals surface area contributed by atoms with Gasteiger partial charge in [-0.05, 0) is 38.3 Å². The van der Waals surface area contributed by atoms with Crippen LogP contribution in [-0.4, -0.2) is 22.3 Å². The minimum atomic E-state index is 0.680. The van der Waals surface area contributed by atoms with Crippen LogP contribution in [0.2, 0.25) is 0 Å². The zero-order chi connectivity index (χ0) is 12.4. The van der Waals surface area contributed by atoms with Crippen LogP contribution in [0.1, 0.15) is 21.7 Å². The first-order chi connectivity index (χ1) is 8.17. The topological polar surface area (TPSA) is 34.9 Å². The third-order valence-electron chi connectivity index (χ3n) is 2.76. The van der Waals surface area contributed by atoms with Crippen molar-refractivity contribution in [3.05, 3.63) is 41.2 Å². The van der Waals surface area contributed by atoms with Gasteiger partial charge in [-0.2, -0.15) is 5.10 Å². The Kier molecular flexibility index (Phi) is 3.33. The Morgan fingerprint density at radius 1 is 1.35 bits per heavy atom. The van der Waals surface area contributed by atoms with E-state index in [1.165, 1.54) is 4.90 Å². The SMILES string of the molecule is CSc1cccc(-n2nc(C)c(C=O)c2C)c1. The van der Waals surface area contributed by atoms with Crippen molar-refractivity contribution in [3.63, 3.8) is 0 Å². The van der Waals surface area contributed by atoms with E-state index in [-0.39, 0.29) is 0 Å². The molecule has 0 fully saturated rings. The average molecular weight is 246 g/mol. The van der Waals surface area contributed by atoms with E-state index in [9.17, 15) is 4.79 Å². The van der Waals surface area contributed by atoms with Crippen LogP contribution in [0.5, 0.6) is 0 Å². The molecule has 1 aromatic carbocycles. The van der Waals surface area contributed by atoms with Gasteiger partial charge in [0, 0.05) is 4.90 Å². The lowest BCUT2D eigenvalue weighted by molar-refractivity contribution is 0.112. The molecule has 0 aliphatic rings. The monoisotopic (exact) mass is 246 g/mol. The number of aromatic nitrogens is 2. The quantitative estimate of drug-likeness (QED) is 0.617. The molecule has 0 aliphatic heterocycles. The van der Waals surface area contributed by atoms with E-state index in [0.29, 0.717) is 5.56 Å². The highest BCUT2D eigenvalue weighted by atomic mass is 32.2. The molecule has 0 N–H and O–H groups in total. The molecule has 0 aliphatic carbocycles. The fourth-order valence-corrected chi connectivity index (χ4v) is 2.27. The summed E-state index contributed by atoms with van der Waals surface area (Å²) < 4.78 is 1.82. The summed E-state index contributed by atoms with van der Waals surface area (Å²) in [6.07, 6.45) is 2.91. The number of rotatable bonds is 3. The maximum atomic E-state index is 11.0. The molecular formula is C13H14N2OS. The number of hydrogen-bond donors (Lipinski definition) is 0. The molecule has 2 rings (SSSR count). The van der Waals surface area contributed by atoms with Crippen LogP contribution in [0.3, 0.4) is 0 Å². The number of benzene rings is 1. The molecule has 88 valence electrons. The zero-order valence-electron chi connectivity index (χ0n) is 10.1. The summed E-state index contributed by atoms with van der Waals surface area (Å²) in [5.74, 6) is 0. The summed E-state index contributed by atoms with van der Waals surface area (Å²) in [5.41, 5.74) is 3.33. The summed E-state index contributed by atoms with van der Waals surface area (Å²) in [5, 5.41) is 4.40. The third kappa shape index (κ3) is 2.13. The van der Waals surface area contributed by atoms with Gasteiger partial charge in [0.05, 0.1) is 22.6 Å². The Labute approximate surface area is 105 Å². The van der Waals surface area contributed by atoms with Crippen LogP contribution in [-0.2, 0) is 0 Å². The van der Waals surface area contributed by atoms with Crippen LogP contribution in [0.4, 0.5) is 0 Å². The first kappa shape index (κ1) is 11.9. The van der Waals surface area contributed by atoms with Crippen molar-refractivity contribution >= 4 is 18.0 Å². The highest BCUT2D eigenvalue weighted by Gasteiger charge is 2.11. The van der Waals surface area contributed by atoms with Gasteiger partial charge in [0.15, 0.2) is 6.29 Å². The normalized spacial score (nSPS) is 10.5. The molecule has 0 amide bonds. The average Bonchev–Trinajstić information content (AvgIpc) is 2.64. The Hall–Kier alpha value is -1.55. The van der Waals surface area contributed by atoms with E-state index in [4.69, 9.17) is 0 Å². The summed E-state index contributed by atoms with van der Waals surface area (Å²) in [6, 6.07) is 8.12. The Morgan fingerprint density at radius 2 is 2.12 bits per heavy atom. The number of carbonyl (C=O) groups excluding carboxylic acids is 1. The number of thioether (sulfide) groups is 1. The number of nitrogens with zero attached hydrogens (tertiary/aromatic N) is 2. The van der Waals surface area contributed by atoms with Crippen molar-refractivity contribution in [1.82, 2.24) is 9.78 Å². The van der Waals surface area contributed by atoms with Crippen LogP contribution in [0, 0.1) is 13.8 Å². The van der Waals surface area contributed by atoms with Crippen molar-refractivity contribution in [2.24, 2.45) is 0 Å². The molecular weight excluding hydrogens is 232 g/mol. The van der Waals surface area contributed by atoms with Gasteiger partial charge < -0.3 is 0 Å². The predicted octanol–water partition coefficient (Wildman–Crippen LogP) is 3.02. The highest BCUT2D eigenvalue weighted by molar-refractivity contribution is 7.98. The highest BCUT2D eigenvalue weighted by Crippen LogP contribution is 2.21. The largest absolute Gasteiger partial charge is 0.298 e. The van der Waals surface area contributed by atoms with E-state index >= 15 is 0 Å². The maximum Gasteiger partial charge on any atom is 0.153 e. The van der Waals surface area contributed by atoms with Crippen molar-refractivity contribution in [3.8, 4) is 5.69 Å². The molecule has 4 heteroatoms. The van der Waals surface area contributed by atoms with Gasteiger partial charge in [-0.25, -0.2) is 4.68 Å². The smallest absolute Gasteiger partial charge is 0.153 e. The first-order valence-corrected chi connectivity index (χ1v) is 6.55. The van der Waals surface area contributed by atoms with Crippen LogP contribution in [0.25, 0.3) is 5.69 Å². The molecule has 0 atom stereocenters. The van der Waals surface area contributed by atoms with Gasteiger partial charge in [0.1, 0.15) is 0 Å². The molecule has 17 heavy (non-hydrogen) atoms. The summed E-state index contributed by atoms with van der Waals surface area (Å²) >= 11 is 1.69. The van der Waals surface area contributed by atoms with Gasteiger partial charge in [-0.15, -0.1) is 11.8 Å². The van der Waals surface area contributed by atoms with Crippen LogP contribution < -0.4 is 0 Å². The molecule has 0 saturated heterocycles. The number of hydrogen-bond acceptors (Lipinski definition) is 3. The summed E-state index contributed by atoms with van der Waals surface area (Å²) in [4.78, 5) is 12.1. The summed E-state index contributed by atoms with van der Waals surface area (Å²) in [7, 11) is 0. The molecule has 0 bridgehead atoms. The number of aldehydes is 1. The summed E-state index contributed by atoms with van der Waals surface area (Å²) in [6.45, 7) is 3.77. The van der Waals surface area contributed by atoms with Gasteiger partial charge in [0.25, 0.3) is 0 Å². The van der Waals surface area contributed by atoms with Crippen molar-refractivity contribution in [2.45, 2.75) is 18.7 Å². The van der Waals surface area contributed by atoms with E-state index in [2.05, 4.69) is 17.2 Å². The molecule has 3 nitrogen and oxygen atoms in total. The molecule has 1 heterocycles. The van der Waals surface area contributed by atoms with Crippen molar-refractivity contribution < 1.29 is 4.79 Å². The molecule has 0 unspecified atom stereocenters. The first-order valence-electron chi connectivity index (χ1n) is 5.33. The number of carbonyl (C=O) groups is 1. The van der Waals surface area contributed by atoms with Crippen molar-refractivity contribution in [1.29, 1.82) is 0 Å². The molecule has 0 spiro atoms. The van der Waals surface area contributed by atoms with Gasteiger partial charge >= 0.3 is 0 Å². The lowest BCUT2D eigenvalue weighted by Crippen LogP contribution is -1.99. The second-order valence-corrected chi connectivity index (χ2v) is 4.70. The predicted molar refractivity (Wildman–Crippen MR) is 70.2 cm³/mol. The van der Waals surface area contributed by atoms with E-state index in [1.54, 1.807) is 11.8 Å². The van der Waals surface area contributed by atoms with Crippen LogP contribution in [0.15, 0.2) is 29.2 Å². The standard InChI is InChI=1S/C13H14N2OS/c1-9-13(8-16)10(2)15(14-9)11-5-4-6-12(7-11)17-3/h4-8H,1-3H3. The van der Waals surface area contributed by atoms with E-state index in [1.807, 2.05) is 36.9 Å². The zero-order valence-corrected chi connectivity index (χ0v) is 10.9. The van der Waals surface area contributed by atoms with Gasteiger partial charge in [0.2, 0.25) is 0 Å². The van der Waals surface area contributed by atoms with Crippen molar-refractivity contribution in [2.75, 3.05) is 6.26 Å². The fourth-order valence-electron chi connectivity index (χ4n) is 1.82. The third-order valence-corrected chi connectivity index (χ3v) is 3.49. The fraction of sp³-hybridized carbons (Fsp3) is 0.231. The number of aryl methyl sites for hydroxylation is 1. The second-order valence-electron chi connectivity index (χ2n) is 3.82. The molecule has 1 aromatic heterocycles. The Morgan fingerprint density at radius 3 is 2.71 bits per heavy atom. The Bertz CT molecular complexity index is 561. The Balaban J connectivity index is 2.56. The minimum Gasteiger partial charge on any atom is -0.298 e. The lowest BCUT2D eigenvalue weighted by Gasteiger charge is -2.05. The maximum absolute atomic E-state index is 11.0. The second kappa shape index (κ2) is 4.75. The molecule has 2 aromatic rings. The van der Waals surface area contributed by atoms with Crippen LogP contribution >= 0.6 is 11.8 Å². The van der Waals surface area contributed by atoms with E-state index < -0.39 is 0 Å². The van der Waals surface area contributed by atoms with Gasteiger partial charge in [-0.3, -0.25) is 4.79 Å². The minimum absolute atomic E-state index is 0.680. The van der Waals surface area contributed by atoms with E-state index in [0.717, 1.165) is 23.4 Å².